The van der Waals surface area contributed by atoms with Crippen LogP contribution in [-0.4, -0.2) is 97.6 Å². The normalized spacial score (nSPS) is 23.1. The zero-order valence-corrected chi connectivity index (χ0v) is 39.0. The minimum Gasteiger partial charge on any atom is -0.497 e. The maximum absolute atomic E-state index is 15.1. The maximum atomic E-state index is 15.1. The van der Waals surface area contributed by atoms with Crippen molar-refractivity contribution in [1.82, 2.24) is 4.90 Å². The van der Waals surface area contributed by atoms with Crippen LogP contribution in [0.25, 0.3) is 0 Å². The number of aliphatic hydroxyl groups excluding tert-OH is 2. The Kier molecular flexibility index (Phi) is 15.5. The Hall–Kier alpha value is -5.77. The number of aliphatic hydroxyl groups is 2. The van der Waals surface area contributed by atoms with E-state index in [1.54, 1.807) is 61.7 Å². The number of methoxy groups -OCH3 is 2. The molecule has 3 N–H and O–H groups in total. The van der Waals surface area contributed by atoms with E-state index in [0.29, 0.717) is 71.5 Å². The average molecular weight is 912 g/mol. The van der Waals surface area contributed by atoms with Crippen LogP contribution < -0.4 is 33.7 Å². The van der Waals surface area contributed by atoms with E-state index in [1.807, 2.05) is 38.7 Å². The standard InChI is InChI=1S/C51H65N3O12/c1-8-22-54(48(57)33-16-20-42-44(27-33)62-31-61-42)45-30-40(53-66-50(3,4)5)37-26-32(14-10-12-23-55)36(15-11-13-24-56)46-38-28-35(18-21-41(38)65-51(45,47(37)46)63-25-9-2)64-49(58)52-39-19-17-34(59-6)29-43(39)60-7/h9,16-21,26-29,32,36,45-47,55-56H,2,8,10-15,22-25,30-31H2,1,3-7H3,(H,52,58)/t32-,36+,45-,46+,47+,51+/m0/s1. The fourth-order valence-corrected chi connectivity index (χ4v) is 9.88. The highest BCUT2D eigenvalue weighted by Gasteiger charge is 2.65. The summed E-state index contributed by atoms with van der Waals surface area (Å²) in [6.07, 6.45) is 8.40. The van der Waals surface area contributed by atoms with Crippen LogP contribution in [0.3, 0.4) is 0 Å². The third kappa shape index (κ3) is 10.3. The lowest BCUT2D eigenvalue weighted by Gasteiger charge is -2.60. The van der Waals surface area contributed by atoms with Gasteiger partial charge in [0.25, 0.3) is 5.91 Å². The van der Waals surface area contributed by atoms with E-state index >= 15 is 4.79 Å². The molecule has 4 aliphatic rings. The van der Waals surface area contributed by atoms with Crippen LogP contribution in [0.15, 0.2) is 84.1 Å². The van der Waals surface area contributed by atoms with Crippen LogP contribution in [0.5, 0.6) is 34.5 Å². The van der Waals surface area contributed by atoms with E-state index in [4.69, 9.17) is 43.2 Å². The van der Waals surface area contributed by atoms with Gasteiger partial charge in [-0.2, -0.15) is 0 Å². The Bertz CT molecular complexity index is 2270. The summed E-state index contributed by atoms with van der Waals surface area (Å²) in [5, 5.41) is 27.7. The number of anilines is 1. The molecule has 15 heteroatoms. The van der Waals surface area contributed by atoms with Crippen LogP contribution in [0.2, 0.25) is 0 Å². The van der Waals surface area contributed by atoms with Gasteiger partial charge in [0.2, 0.25) is 12.6 Å². The Labute approximate surface area is 387 Å². The number of oxime groups is 1. The fraction of sp³-hybridized carbons (Fsp3) is 0.510. The summed E-state index contributed by atoms with van der Waals surface area (Å²) < 4.78 is 42.6. The molecule has 66 heavy (non-hydrogen) atoms. The van der Waals surface area contributed by atoms with Crippen molar-refractivity contribution in [3.63, 3.8) is 0 Å². The van der Waals surface area contributed by atoms with Crippen molar-refractivity contribution in [3.05, 3.63) is 90.0 Å². The van der Waals surface area contributed by atoms with Crippen molar-refractivity contribution in [2.24, 2.45) is 22.9 Å². The number of rotatable bonds is 20. The lowest BCUT2D eigenvalue weighted by atomic mass is 9.55. The van der Waals surface area contributed by atoms with E-state index in [1.165, 1.54) is 7.11 Å². The molecule has 15 nitrogen and oxygen atoms in total. The van der Waals surface area contributed by atoms with Gasteiger partial charge in [0, 0.05) is 49.3 Å². The lowest BCUT2D eigenvalue weighted by Crippen LogP contribution is -2.70. The molecular weight excluding hydrogens is 847 g/mol. The third-order valence-corrected chi connectivity index (χ3v) is 12.7. The van der Waals surface area contributed by atoms with Gasteiger partial charge in [-0.05, 0) is 119 Å². The zero-order chi connectivity index (χ0) is 47.0. The van der Waals surface area contributed by atoms with Gasteiger partial charge >= 0.3 is 6.09 Å². The van der Waals surface area contributed by atoms with E-state index in [-0.39, 0.29) is 62.4 Å². The number of amides is 2. The Balaban J connectivity index is 1.41. The van der Waals surface area contributed by atoms with Gasteiger partial charge in [0.05, 0.1) is 38.1 Å². The summed E-state index contributed by atoms with van der Waals surface area (Å²) in [7, 11) is 3.05. The number of unbranched alkanes of at least 4 members (excludes halogenated alkanes) is 2. The van der Waals surface area contributed by atoms with Gasteiger partial charge in [-0.15, -0.1) is 6.58 Å². The van der Waals surface area contributed by atoms with Gasteiger partial charge < -0.3 is 53.1 Å². The second-order valence-electron chi connectivity index (χ2n) is 18.1. The first kappa shape index (κ1) is 48.2. The Morgan fingerprint density at radius 1 is 0.939 bits per heavy atom. The third-order valence-electron chi connectivity index (χ3n) is 12.7. The lowest BCUT2D eigenvalue weighted by molar-refractivity contribution is -0.254. The van der Waals surface area contributed by atoms with Crippen molar-refractivity contribution in [2.75, 3.05) is 52.7 Å². The molecule has 0 spiro atoms. The molecular formula is C51H65N3O12. The molecule has 0 saturated heterocycles. The molecule has 7 rings (SSSR count). The van der Waals surface area contributed by atoms with Crippen molar-refractivity contribution in [3.8, 4) is 34.5 Å². The van der Waals surface area contributed by atoms with Crippen LogP contribution in [-0.2, 0) is 9.57 Å². The minimum atomic E-state index is -1.48. The molecule has 2 aliphatic heterocycles. The van der Waals surface area contributed by atoms with E-state index in [9.17, 15) is 15.0 Å². The van der Waals surface area contributed by atoms with Crippen LogP contribution >= 0.6 is 0 Å². The van der Waals surface area contributed by atoms with Crippen LogP contribution in [0.1, 0.15) is 101 Å². The number of carbonyl (C=O) groups excluding carboxylic acids is 2. The number of ether oxygens (including phenoxy) is 7. The molecule has 1 saturated carbocycles. The zero-order valence-electron chi connectivity index (χ0n) is 39.0. The first-order valence-electron chi connectivity index (χ1n) is 23.1. The Morgan fingerprint density at radius 3 is 2.39 bits per heavy atom. The molecule has 2 aliphatic carbocycles. The monoisotopic (exact) mass is 911 g/mol. The van der Waals surface area contributed by atoms with E-state index in [0.717, 1.165) is 36.8 Å². The number of benzene rings is 3. The quantitative estimate of drug-likeness (QED) is 0.0558. The molecule has 0 bridgehead atoms. The number of nitrogens with zero attached hydrogens (tertiary/aromatic N) is 2. The highest BCUT2D eigenvalue weighted by Crippen LogP contribution is 2.62. The van der Waals surface area contributed by atoms with Crippen LogP contribution in [0.4, 0.5) is 10.5 Å². The predicted octanol–water partition coefficient (Wildman–Crippen LogP) is 9.03. The molecule has 0 radical (unpaired) electrons. The molecule has 3 aromatic carbocycles. The van der Waals surface area contributed by atoms with Gasteiger partial charge in [0.1, 0.15) is 34.6 Å². The van der Waals surface area contributed by atoms with Gasteiger partial charge in [-0.25, -0.2) is 4.79 Å². The number of carbonyl (C=O) groups is 2. The average Bonchev–Trinajstić information content (AvgIpc) is 3.79. The van der Waals surface area contributed by atoms with Gasteiger partial charge in [-0.1, -0.05) is 37.1 Å². The first-order chi connectivity index (χ1) is 31.9. The number of hydrogen-bond acceptors (Lipinski definition) is 13. The second kappa shape index (κ2) is 21.2. The van der Waals surface area contributed by atoms with Crippen LogP contribution in [0, 0.1) is 17.8 Å². The Morgan fingerprint density at radius 2 is 1.68 bits per heavy atom. The topological polar surface area (TPSA) is 176 Å². The summed E-state index contributed by atoms with van der Waals surface area (Å²) in [5.74, 6) is 0.182. The first-order valence-corrected chi connectivity index (χ1v) is 23.1. The van der Waals surface area contributed by atoms with Crippen molar-refractivity contribution in [2.45, 2.75) is 102 Å². The number of allylic oxidation sites excluding steroid dienone is 1. The molecule has 0 aromatic heterocycles. The summed E-state index contributed by atoms with van der Waals surface area (Å²) in [4.78, 5) is 36.9. The molecule has 3 aromatic rings. The summed E-state index contributed by atoms with van der Waals surface area (Å²) in [5.41, 5.74) is 2.56. The second-order valence-corrected chi connectivity index (χ2v) is 18.1. The summed E-state index contributed by atoms with van der Waals surface area (Å²) in [6, 6.07) is 14.9. The van der Waals surface area contributed by atoms with E-state index in [2.05, 4.69) is 18.0 Å². The van der Waals surface area contributed by atoms with Gasteiger partial charge in [0.15, 0.2) is 11.5 Å². The number of hydrogen-bond donors (Lipinski definition) is 3. The molecule has 1 fully saturated rings. The van der Waals surface area contributed by atoms with Crippen molar-refractivity contribution < 1.29 is 57.8 Å². The number of fused-ring (bicyclic) bond motifs is 3. The number of nitrogens with one attached hydrogen (secondary N) is 1. The maximum Gasteiger partial charge on any atom is 0.417 e. The SMILES string of the molecule is C=CCO[C@@]12Oc3ccc(OC(=O)Nc4ccc(OC)cc4OC)cc3[C@H]3[C@H](CCCCO)[C@@H](CCCCO)C=C(C(=NOC(C)(C)C)C[C@@H]1N(CCC)C(=O)c1ccc4c(c1)OCO4)[C@H]32. The molecule has 2 amide bonds. The molecule has 6 atom stereocenters. The summed E-state index contributed by atoms with van der Waals surface area (Å²) in [6.45, 7) is 12.6. The molecule has 2 heterocycles. The fourth-order valence-electron chi connectivity index (χ4n) is 9.88. The van der Waals surface area contributed by atoms with Gasteiger partial charge in [-0.3, -0.25) is 10.1 Å². The minimum absolute atomic E-state index is 0.00311. The predicted molar refractivity (Wildman–Crippen MR) is 249 cm³/mol. The highest BCUT2D eigenvalue weighted by atomic mass is 16.7. The molecule has 0 unspecified atom stereocenters. The van der Waals surface area contributed by atoms with Crippen molar-refractivity contribution >= 4 is 23.4 Å². The smallest absolute Gasteiger partial charge is 0.417 e. The largest absolute Gasteiger partial charge is 0.497 e. The highest BCUT2D eigenvalue weighted by molar-refractivity contribution is 6.03. The van der Waals surface area contributed by atoms with E-state index < -0.39 is 29.4 Å². The summed E-state index contributed by atoms with van der Waals surface area (Å²) >= 11 is 0. The van der Waals surface area contributed by atoms with Crippen molar-refractivity contribution in [1.29, 1.82) is 0 Å². The molecule has 356 valence electrons.